The number of amides is 1. The van der Waals surface area contributed by atoms with Crippen LogP contribution in [0.5, 0.6) is 0 Å². The fourth-order valence-corrected chi connectivity index (χ4v) is 11.0. The molecule has 2 heterocycles. The number of hydrogen-bond acceptors (Lipinski definition) is 5. The average Bonchev–Trinajstić information content (AvgIpc) is 3.54. The maximum atomic E-state index is 14.0. The van der Waals surface area contributed by atoms with Crippen LogP contribution in [0, 0.1) is 16.7 Å². The first-order chi connectivity index (χ1) is 17.1. The van der Waals surface area contributed by atoms with E-state index in [1.54, 1.807) is 4.31 Å². The Morgan fingerprint density at radius 3 is 2.54 bits per heavy atom. The highest BCUT2D eigenvalue weighted by Gasteiger charge is 2.66. The molecular formula is C28H42ClN3O4S. The average molecular weight is 552 g/mol. The fraction of sp³-hybridized carbons (Fsp3) is 0.750. The second-order valence-corrected chi connectivity index (χ2v) is 14.8. The van der Waals surface area contributed by atoms with Gasteiger partial charge in [0, 0.05) is 31.1 Å². The molecule has 1 aromatic carbocycles. The molecule has 37 heavy (non-hydrogen) atoms. The van der Waals surface area contributed by atoms with Crippen LogP contribution >= 0.6 is 12.4 Å². The van der Waals surface area contributed by atoms with Gasteiger partial charge in [-0.1, -0.05) is 38.1 Å². The monoisotopic (exact) mass is 551 g/mol. The first kappa shape index (κ1) is 27.4. The van der Waals surface area contributed by atoms with Crippen molar-refractivity contribution in [3.63, 3.8) is 0 Å². The van der Waals surface area contributed by atoms with E-state index < -0.39 is 27.6 Å². The topological polar surface area (TPSA) is 98.7 Å². The summed E-state index contributed by atoms with van der Waals surface area (Å²) in [5.74, 6) is 0.426. The Bertz CT molecular complexity index is 1150. The molecule has 0 aromatic heterocycles. The molecule has 206 valence electrons. The van der Waals surface area contributed by atoms with Gasteiger partial charge >= 0.3 is 0 Å². The summed E-state index contributed by atoms with van der Waals surface area (Å²) in [6, 6.07) is 8.14. The molecular weight excluding hydrogens is 510 g/mol. The van der Waals surface area contributed by atoms with Crippen LogP contribution in [0.1, 0.15) is 69.9 Å². The minimum Gasteiger partial charge on any atom is -0.392 e. The molecule has 2 aliphatic heterocycles. The van der Waals surface area contributed by atoms with Crippen LogP contribution in [0.3, 0.4) is 0 Å². The zero-order valence-electron chi connectivity index (χ0n) is 22.0. The van der Waals surface area contributed by atoms with E-state index >= 15 is 0 Å². The Morgan fingerprint density at radius 1 is 1.14 bits per heavy atom. The van der Waals surface area contributed by atoms with Crippen molar-refractivity contribution in [2.24, 2.45) is 16.7 Å². The van der Waals surface area contributed by atoms with Gasteiger partial charge in [-0.3, -0.25) is 4.79 Å². The van der Waals surface area contributed by atoms with E-state index in [1.807, 2.05) is 0 Å². The number of piperidine rings is 1. The van der Waals surface area contributed by atoms with E-state index in [2.05, 4.69) is 48.7 Å². The molecule has 7 nitrogen and oxygen atoms in total. The number of sulfonamides is 1. The summed E-state index contributed by atoms with van der Waals surface area (Å²) in [4.78, 5) is 13.0. The van der Waals surface area contributed by atoms with E-state index in [1.165, 1.54) is 11.1 Å². The zero-order chi connectivity index (χ0) is 25.3. The smallest absolute Gasteiger partial charge is 0.237 e. The van der Waals surface area contributed by atoms with Gasteiger partial charge in [0.2, 0.25) is 15.9 Å². The molecule has 5 aliphatic rings. The molecule has 4 fully saturated rings. The number of carbonyl (C=O) groups is 1. The van der Waals surface area contributed by atoms with Gasteiger partial charge in [0.25, 0.3) is 0 Å². The number of hydrogen-bond donors (Lipinski definition) is 3. The van der Waals surface area contributed by atoms with Crippen LogP contribution in [0.25, 0.3) is 0 Å². The van der Waals surface area contributed by atoms with Crippen LogP contribution in [-0.2, 0) is 26.7 Å². The van der Waals surface area contributed by atoms with Crippen molar-refractivity contribution in [1.82, 2.24) is 14.9 Å². The number of aliphatic hydroxyl groups excluding tert-OH is 1. The molecule has 2 bridgehead atoms. The Hall–Kier alpha value is -1.19. The lowest BCUT2D eigenvalue weighted by atomic mass is 9.69. The molecule has 3 N–H and O–H groups in total. The molecule has 6 rings (SSSR count). The SMILES string of the molecule is CC1(C)C2CC[C@@]1(CS(=O)(=O)N1CCC3(CCc4ccccc43)CC1)C(NC(=O)[C@@H]1CC(O)CN1)C2.Cl. The van der Waals surface area contributed by atoms with Crippen LogP contribution < -0.4 is 10.6 Å². The fourth-order valence-electron chi connectivity index (χ4n) is 8.70. The summed E-state index contributed by atoms with van der Waals surface area (Å²) in [6.07, 6.45) is 6.60. The normalized spacial score (nSPS) is 35.9. The lowest BCUT2D eigenvalue weighted by Gasteiger charge is -2.45. The second-order valence-electron chi connectivity index (χ2n) is 12.9. The van der Waals surface area contributed by atoms with Gasteiger partial charge in [-0.25, -0.2) is 12.7 Å². The number of aliphatic hydroxyl groups is 1. The first-order valence-corrected chi connectivity index (χ1v) is 15.5. The van der Waals surface area contributed by atoms with E-state index in [-0.39, 0.29) is 40.9 Å². The van der Waals surface area contributed by atoms with Crippen LogP contribution in [0.2, 0.25) is 0 Å². The van der Waals surface area contributed by atoms with Crippen molar-refractivity contribution in [3.05, 3.63) is 35.4 Å². The van der Waals surface area contributed by atoms with E-state index in [4.69, 9.17) is 0 Å². The summed E-state index contributed by atoms with van der Waals surface area (Å²) in [5, 5.41) is 16.2. The van der Waals surface area contributed by atoms with Gasteiger partial charge in [-0.15, -0.1) is 12.4 Å². The Morgan fingerprint density at radius 2 is 1.86 bits per heavy atom. The van der Waals surface area contributed by atoms with Crippen molar-refractivity contribution >= 4 is 28.3 Å². The second kappa shape index (κ2) is 9.47. The lowest BCUT2D eigenvalue weighted by molar-refractivity contribution is -0.124. The molecule has 1 amide bonds. The molecule has 0 radical (unpaired) electrons. The van der Waals surface area contributed by atoms with E-state index in [0.29, 0.717) is 32.0 Å². The number of carbonyl (C=O) groups excluding carboxylic acids is 1. The number of β-amino-alcohol motifs (C(OH)–C–C–N with tert-alkyl or cyclic N) is 1. The predicted octanol–water partition coefficient (Wildman–Crippen LogP) is 2.75. The minimum atomic E-state index is -3.48. The van der Waals surface area contributed by atoms with Crippen molar-refractivity contribution in [3.8, 4) is 0 Å². The highest BCUT2D eigenvalue weighted by Crippen LogP contribution is 2.66. The van der Waals surface area contributed by atoms with Crippen LogP contribution in [-0.4, -0.2) is 67.3 Å². The number of nitrogens with zero attached hydrogens (tertiary/aromatic N) is 1. The van der Waals surface area contributed by atoms with Gasteiger partial charge in [-0.2, -0.15) is 0 Å². The van der Waals surface area contributed by atoms with Crippen molar-refractivity contribution in [1.29, 1.82) is 0 Å². The van der Waals surface area contributed by atoms with E-state index in [0.717, 1.165) is 44.9 Å². The maximum Gasteiger partial charge on any atom is 0.237 e. The predicted molar refractivity (Wildman–Crippen MR) is 146 cm³/mol. The summed E-state index contributed by atoms with van der Waals surface area (Å²) < 4.78 is 29.7. The molecule has 9 heteroatoms. The Balaban J connectivity index is 0.00000280. The van der Waals surface area contributed by atoms with Gasteiger partial charge < -0.3 is 15.7 Å². The summed E-state index contributed by atoms with van der Waals surface area (Å²) >= 11 is 0. The summed E-state index contributed by atoms with van der Waals surface area (Å²) in [7, 11) is -3.48. The van der Waals surface area contributed by atoms with Gasteiger partial charge in [-0.05, 0) is 79.2 Å². The van der Waals surface area contributed by atoms with Gasteiger partial charge in [0.15, 0.2) is 0 Å². The number of nitrogens with one attached hydrogen (secondary N) is 2. The molecule has 3 aliphatic carbocycles. The number of rotatable bonds is 5. The number of halogens is 1. The molecule has 1 spiro atoms. The molecule has 2 saturated carbocycles. The molecule has 3 unspecified atom stereocenters. The zero-order valence-corrected chi connectivity index (χ0v) is 23.7. The third kappa shape index (κ3) is 4.26. The molecule has 5 atom stereocenters. The number of fused-ring (bicyclic) bond motifs is 4. The number of benzene rings is 1. The van der Waals surface area contributed by atoms with Crippen molar-refractivity contribution in [2.45, 2.75) is 88.8 Å². The third-order valence-corrected chi connectivity index (χ3v) is 13.2. The van der Waals surface area contributed by atoms with Crippen LogP contribution in [0.4, 0.5) is 0 Å². The van der Waals surface area contributed by atoms with Gasteiger partial charge in [0.1, 0.15) is 0 Å². The Kier molecular flexibility index (Phi) is 7.01. The highest BCUT2D eigenvalue weighted by molar-refractivity contribution is 7.89. The molecule has 2 saturated heterocycles. The Labute approximate surface area is 227 Å². The minimum absolute atomic E-state index is 0. The van der Waals surface area contributed by atoms with Crippen molar-refractivity contribution < 1.29 is 18.3 Å². The standard InChI is InChI=1S/C28H41N3O4S.ClH/c1-26(2)20-8-10-28(26,24(15-20)30-25(33)23-16-21(32)17-29-23)18-36(34,35)31-13-11-27(12-14-31)9-7-19-5-3-4-6-22(19)27;/h3-6,20-21,23-24,29,32H,7-18H2,1-2H3,(H,30,33);1H/t20?,21?,23-,24?,28+;/m0./s1. The van der Waals surface area contributed by atoms with Crippen LogP contribution in [0.15, 0.2) is 24.3 Å². The highest BCUT2D eigenvalue weighted by atomic mass is 35.5. The maximum absolute atomic E-state index is 14.0. The largest absolute Gasteiger partial charge is 0.392 e. The van der Waals surface area contributed by atoms with Crippen molar-refractivity contribution in [2.75, 3.05) is 25.4 Å². The van der Waals surface area contributed by atoms with Gasteiger partial charge in [0.05, 0.1) is 17.9 Å². The van der Waals surface area contributed by atoms with E-state index in [9.17, 15) is 18.3 Å². The summed E-state index contributed by atoms with van der Waals surface area (Å²) in [5.41, 5.74) is 2.38. The quantitative estimate of drug-likeness (QED) is 0.523. The summed E-state index contributed by atoms with van der Waals surface area (Å²) in [6.45, 7) is 6.02. The molecule has 1 aromatic rings. The third-order valence-electron chi connectivity index (χ3n) is 11.1. The lowest BCUT2D eigenvalue weighted by Crippen LogP contribution is -2.57. The number of aryl methyl sites for hydroxylation is 1. The first-order valence-electron chi connectivity index (χ1n) is 13.8.